The fourth-order valence-corrected chi connectivity index (χ4v) is 1.58. The van der Waals surface area contributed by atoms with Gasteiger partial charge < -0.3 is 10.6 Å². The molecule has 110 valence electrons. The highest BCUT2D eigenvalue weighted by molar-refractivity contribution is 14.0. The van der Waals surface area contributed by atoms with Crippen molar-refractivity contribution in [2.24, 2.45) is 10.9 Å². The lowest BCUT2D eigenvalue weighted by atomic mass is 10.1. The van der Waals surface area contributed by atoms with Crippen LogP contribution in [0.2, 0.25) is 0 Å². The summed E-state index contributed by atoms with van der Waals surface area (Å²) in [6.45, 7) is 9.11. The Hall–Kier alpha value is -0.790. The molecule has 1 rings (SSSR count). The van der Waals surface area contributed by atoms with E-state index in [0.29, 0.717) is 5.92 Å². The molecule has 0 amide bonds. The first-order valence-corrected chi connectivity index (χ1v) is 6.55. The molecule has 1 aromatic rings. The minimum Gasteiger partial charge on any atom is -0.356 e. The summed E-state index contributed by atoms with van der Waals surface area (Å²) in [5.74, 6) is 1.57. The zero-order valence-electron chi connectivity index (χ0n) is 12.3. The lowest BCUT2D eigenvalue weighted by molar-refractivity contribution is 0.566. The molecule has 0 aromatic carbocycles. The number of aliphatic imine (C=N–C) groups is 1. The van der Waals surface area contributed by atoms with Gasteiger partial charge in [0.1, 0.15) is 0 Å². The fourth-order valence-electron chi connectivity index (χ4n) is 1.58. The Morgan fingerprint density at radius 1 is 1.37 bits per heavy atom. The van der Waals surface area contributed by atoms with Crippen molar-refractivity contribution in [3.05, 3.63) is 18.0 Å². The van der Waals surface area contributed by atoms with Crippen molar-refractivity contribution >= 4 is 29.9 Å². The summed E-state index contributed by atoms with van der Waals surface area (Å²) in [6.07, 6.45) is 5.06. The van der Waals surface area contributed by atoms with Gasteiger partial charge in [-0.15, -0.1) is 24.0 Å². The number of nitrogens with zero attached hydrogens (tertiary/aromatic N) is 3. The number of halogens is 1. The predicted molar refractivity (Wildman–Crippen MR) is 91.2 cm³/mol. The topological polar surface area (TPSA) is 54.2 Å². The number of rotatable bonds is 6. The SMILES string of the molecule is CN=C(NCCC(C)C)NCCn1cc(C)cn1.I. The van der Waals surface area contributed by atoms with Crippen molar-refractivity contribution in [1.29, 1.82) is 0 Å². The van der Waals surface area contributed by atoms with Crippen LogP contribution in [0.4, 0.5) is 0 Å². The molecule has 0 saturated carbocycles. The molecule has 1 aromatic heterocycles. The van der Waals surface area contributed by atoms with Crippen LogP contribution in [0, 0.1) is 12.8 Å². The Morgan fingerprint density at radius 3 is 2.58 bits per heavy atom. The van der Waals surface area contributed by atoms with Crippen molar-refractivity contribution < 1.29 is 0 Å². The highest BCUT2D eigenvalue weighted by atomic mass is 127. The maximum absolute atomic E-state index is 4.24. The Morgan fingerprint density at radius 2 is 2.05 bits per heavy atom. The second-order valence-electron chi connectivity index (χ2n) is 4.89. The number of guanidine groups is 1. The van der Waals surface area contributed by atoms with Crippen molar-refractivity contribution in [3.8, 4) is 0 Å². The highest BCUT2D eigenvalue weighted by Gasteiger charge is 1.99. The van der Waals surface area contributed by atoms with Crippen LogP contribution >= 0.6 is 24.0 Å². The first kappa shape index (κ1) is 18.2. The van der Waals surface area contributed by atoms with E-state index in [2.05, 4.69) is 34.6 Å². The molecule has 5 nitrogen and oxygen atoms in total. The van der Waals surface area contributed by atoms with E-state index in [9.17, 15) is 0 Å². The number of aromatic nitrogens is 2. The van der Waals surface area contributed by atoms with Crippen LogP contribution in [0.3, 0.4) is 0 Å². The molecule has 0 unspecified atom stereocenters. The summed E-state index contributed by atoms with van der Waals surface area (Å²) in [5, 5.41) is 10.8. The van der Waals surface area contributed by atoms with E-state index in [1.807, 2.05) is 24.0 Å². The van der Waals surface area contributed by atoms with Crippen LogP contribution in [0.15, 0.2) is 17.4 Å². The molecule has 0 saturated heterocycles. The monoisotopic (exact) mass is 379 g/mol. The van der Waals surface area contributed by atoms with Crippen molar-refractivity contribution in [3.63, 3.8) is 0 Å². The van der Waals surface area contributed by atoms with Crippen LogP contribution in [-0.4, -0.2) is 35.9 Å². The molecule has 0 bridgehead atoms. The number of aryl methyl sites for hydroxylation is 1. The number of hydrogen-bond donors (Lipinski definition) is 2. The smallest absolute Gasteiger partial charge is 0.191 e. The standard InChI is InChI=1S/C13H25N5.HI/c1-11(2)5-6-15-13(14-4)16-7-8-18-10-12(3)9-17-18;/h9-11H,5-8H2,1-4H3,(H2,14,15,16);1H. The zero-order valence-corrected chi connectivity index (χ0v) is 14.6. The van der Waals surface area contributed by atoms with E-state index in [0.717, 1.165) is 32.0 Å². The third-order valence-corrected chi connectivity index (χ3v) is 2.63. The van der Waals surface area contributed by atoms with E-state index in [-0.39, 0.29) is 24.0 Å². The minimum absolute atomic E-state index is 0. The van der Waals surface area contributed by atoms with Gasteiger partial charge in [-0.1, -0.05) is 13.8 Å². The molecule has 0 spiro atoms. The molecule has 2 N–H and O–H groups in total. The Bertz CT molecular complexity index is 373. The van der Waals surface area contributed by atoms with E-state index in [4.69, 9.17) is 0 Å². The van der Waals surface area contributed by atoms with Gasteiger partial charge in [-0.25, -0.2) is 0 Å². The van der Waals surface area contributed by atoms with Gasteiger partial charge in [0, 0.05) is 26.3 Å². The lowest BCUT2D eigenvalue weighted by Crippen LogP contribution is -2.39. The normalized spacial score (nSPS) is 11.3. The summed E-state index contributed by atoms with van der Waals surface area (Å²) in [4.78, 5) is 4.19. The van der Waals surface area contributed by atoms with Crippen molar-refractivity contribution in [2.45, 2.75) is 33.7 Å². The minimum atomic E-state index is 0. The molecule has 1 heterocycles. The van der Waals surface area contributed by atoms with Gasteiger partial charge in [-0.2, -0.15) is 5.10 Å². The van der Waals surface area contributed by atoms with Gasteiger partial charge in [-0.05, 0) is 24.8 Å². The third kappa shape index (κ3) is 8.07. The summed E-state index contributed by atoms with van der Waals surface area (Å²) in [5.41, 5.74) is 1.19. The van der Waals surface area contributed by atoms with Gasteiger partial charge in [0.25, 0.3) is 0 Å². The van der Waals surface area contributed by atoms with Crippen LogP contribution < -0.4 is 10.6 Å². The first-order valence-electron chi connectivity index (χ1n) is 6.55. The van der Waals surface area contributed by atoms with Crippen LogP contribution in [-0.2, 0) is 6.54 Å². The van der Waals surface area contributed by atoms with Crippen LogP contribution in [0.5, 0.6) is 0 Å². The number of nitrogens with one attached hydrogen (secondary N) is 2. The Labute approximate surface area is 133 Å². The maximum atomic E-state index is 4.24. The molecule has 6 heteroatoms. The van der Waals surface area contributed by atoms with E-state index < -0.39 is 0 Å². The van der Waals surface area contributed by atoms with E-state index >= 15 is 0 Å². The largest absolute Gasteiger partial charge is 0.356 e. The second kappa shape index (κ2) is 10.1. The van der Waals surface area contributed by atoms with Crippen LogP contribution in [0.25, 0.3) is 0 Å². The average molecular weight is 379 g/mol. The molecule has 0 fully saturated rings. The highest BCUT2D eigenvalue weighted by Crippen LogP contribution is 1.96. The van der Waals surface area contributed by atoms with Gasteiger partial charge >= 0.3 is 0 Å². The third-order valence-electron chi connectivity index (χ3n) is 2.63. The van der Waals surface area contributed by atoms with Gasteiger partial charge in [0.05, 0.1) is 12.7 Å². The van der Waals surface area contributed by atoms with E-state index in [1.54, 1.807) is 7.05 Å². The molecule has 0 aliphatic heterocycles. The quantitative estimate of drug-likeness (QED) is 0.452. The average Bonchev–Trinajstić information content (AvgIpc) is 2.72. The second-order valence-corrected chi connectivity index (χ2v) is 4.89. The van der Waals surface area contributed by atoms with Crippen LogP contribution in [0.1, 0.15) is 25.8 Å². The molecule has 0 aliphatic carbocycles. The molecule has 0 radical (unpaired) electrons. The molecule has 0 atom stereocenters. The Balaban J connectivity index is 0.00000324. The summed E-state index contributed by atoms with van der Waals surface area (Å²) >= 11 is 0. The maximum Gasteiger partial charge on any atom is 0.191 e. The molecule has 19 heavy (non-hydrogen) atoms. The molecular weight excluding hydrogens is 353 g/mol. The summed E-state index contributed by atoms with van der Waals surface area (Å²) in [7, 11) is 1.79. The van der Waals surface area contributed by atoms with Gasteiger partial charge in [0.15, 0.2) is 5.96 Å². The lowest BCUT2D eigenvalue weighted by Gasteiger charge is -2.12. The summed E-state index contributed by atoms with van der Waals surface area (Å²) < 4.78 is 1.93. The molecule has 0 aliphatic rings. The van der Waals surface area contributed by atoms with Gasteiger partial charge in [0.2, 0.25) is 0 Å². The van der Waals surface area contributed by atoms with Crippen molar-refractivity contribution in [2.75, 3.05) is 20.1 Å². The molecular formula is C13H26IN5. The number of hydrogen-bond acceptors (Lipinski definition) is 2. The van der Waals surface area contributed by atoms with Crippen molar-refractivity contribution in [1.82, 2.24) is 20.4 Å². The summed E-state index contributed by atoms with van der Waals surface area (Å²) in [6, 6.07) is 0. The zero-order chi connectivity index (χ0) is 13.4. The van der Waals surface area contributed by atoms with Gasteiger partial charge in [-0.3, -0.25) is 9.67 Å². The van der Waals surface area contributed by atoms with E-state index in [1.165, 1.54) is 5.56 Å². The Kier molecular flexibility index (Phi) is 9.63. The predicted octanol–water partition coefficient (Wildman–Crippen LogP) is 2.02. The fraction of sp³-hybridized carbons (Fsp3) is 0.692. The first-order chi connectivity index (χ1) is 8.61.